The van der Waals surface area contributed by atoms with Crippen LogP contribution in [0.5, 0.6) is 5.75 Å². The van der Waals surface area contributed by atoms with Gasteiger partial charge in [-0.3, -0.25) is 14.9 Å². The summed E-state index contributed by atoms with van der Waals surface area (Å²) in [6, 6.07) is 10.9. The van der Waals surface area contributed by atoms with E-state index < -0.39 is 4.92 Å². The molecule has 0 atom stereocenters. The predicted molar refractivity (Wildman–Crippen MR) is 77.2 cm³/mol. The summed E-state index contributed by atoms with van der Waals surface area (Å²) in [6.45, 7) is 0. The quantitative estimate of drug-likeness (QED) is 0.521. The van der Waals surface area contributed by atoms with Crippen LogP contribution < -0.4 is 0 Å². The molecule has 0 saturated carbocycles. The van der Waals surface area contributed by atoms with Crippen LogP contribution in [0.3, 0.4) is 0 Å². The number of aromatic hydroxyl groups is 1. The molecule has 0 bridgehead atoms. The Balaban J connectivity index is 2.00. The summed E-state index contributed by atoms with van der Waals surface area (Å²) in [4.78, 5) is 22.5. The maximum atomic E-state index is 12.3. The van der Waals surface area contributed by atoms with Crippen molar-refractivity contribution in [2.24, 2.45) is 0 Å². The minimum atomic E-state index is -0.473. The van der Waals surface area contributed by atoms with Gasteiger partial charge >= 0.3 is 0 Å². The highest BCUT2D eigenvalue weighted by Gasteiger charge is 2.26. The molecule has 0 fully saturated rings. The second-order valence-corrected chi connectivity index (χ2v) is 4.83. The largest absolute Gasteiger partial charge is 0.508 e. The van der Waals surface area contributed by atoms with Gasteiger partial charge in [0, 0.05) is 35.3 Å². The summed E-state index contributed by atoms with van der Waals surface area (Å²) >= 11 is 0. The lowest BCUT2D eigenvalue weighted by molar-refractivity contribution is -0.384. The highest BCUT2D eigenvalue weighted by molar-refractivity contribution is 6.16. The number of phenols is 1. The van der Waals surface area contributed by atoms with E-state index >= 15 is 0 Å². The van der Waals surface area contributed by atoms with E-state index in [1.807, 2.05) is 0 Å². The lowest BCUT2D eigenvalue weighted by atomic mass is 10.1. The highest BCUT2D eigenvalue weighted by Crippen LogP contribution is 2.33. The van der Waals surface area contributed by atoms with Gasteiger partial charge in [0.25, 0.3) is 5.69 Å². The van der Waals surface area contributed by atoms with Crippen LogP contribution in [0.1, 0.15) is 21.5 Å². The minimum Gasteiger partial charge on any atom is -0.508 e. The third-order valence-electron chi connectivity index (χ3n) is 3.48. The zero-order valence-corrected chi connectivity index (χ0v) is 10.9. The van der Waals surface area contributed by atoms with E-state index in [-0.39, 0.29) is 17.2 Å². The number of non-ortho nitro benzene ring substituents is 1. The van der Waals surface area contributed by atoms with E-state index in [0.717, 1.165) is 0 Å². The summed E-state index contributed by atoms with van der Waals surface area (Å²) in [5.74, 6) is -0.0456. The topological polar surface area (TPSA) is 80.4 Å². The second kappa shape index (κ2) is 4.86. The number of Topliss-reactive ketones (excluding diaryl/α,β-unsaturated/α-hetero) is 1. The number of nitrogens with zero attached hydrogens (tertiary/aromatic N) is 1. The molecule has 0 aromatic heterocycles. The molecule has 1 aliphatic rings. The standard InChI is InChI=1S/C16H11NO4/c18-15-6-2-5-13-14(15)9-11(16(13)19)7-10-3-1-4-12(8-10)17(20)21/h1-8,18H,9H2. The molecule has 2 aromatic carbocycles. The normalized spacial score (nSPS) is 15.2. The number of nitro benzene ring substituents is 1. The molecule has 0 spiro atoms. The van der Waals surface area contributed by atoms with Crippen molar-refractivity contribution in [3.8, 4) is 5.75 Å². The first kappa shape index (κ1) is 13.1. The predicted octanol–water partition coefficient (Wildman–Crippen LogP) is 3.12. The maximum Gasteiger partial charge on any atom is 0.270 e. The van der Waals surface area contributed by atoms with Gasteiger partial charge in [-0.25, -0.2) is 0 Å². The molecule has 1 N–H and O–H groups in total. The average Bonchev–Trinajstić information content (AvgIpc) is 2.78. The summed E-state index contributed by atoms with van der Waals surface area (Å²) in [7, 11) is 0. The zero-order chi connectivity index (χ0) is 15.0. The summed E-state index contributed by atoms with van der Waals surface area (Å²) in [5.41, 5.74) is 2.20. The van der Waals surface area contributed by atoms with E-state index in [9.17, 15) is 20.0 Å². The number of ketones is 1. The zero-order valence-electron chi connectivity index (χ0n) is 10.9. The average molecular weight is 281 g/mol. The number of carbonyl (C=O) groups excluding carboxylic acids is 1. The van der Waals surface area contributed by atoms with Crippen molar-refractivity contribution in [1.29, 1.82) is 0 Å². The van der Waals surface area contributed by atoms with E-state index in [1.54, 1.807) is 36.4 Å². The SMILES string of the molecule is O=C1C(=Cc2cccc([N+](=O)[O-])c2)Cc2c(O)cccc21. The van der Waals surface area contributed by atoms with Crippen molar-refractivity contribution in [2.45, 2.75) is 6.42 Å². The van der Waals surface area contributed by atoms with Crippen LogP contribution in [0.15, 0.2) is 48.0 Å². The Labute approximate surface area is 120 Å². The van der Waals surface area contributed by atoms with Gasteiger partial charge in [-0.1, -0.05) is 24.3 Å². The molecule has 0 saturated heterocycles. The van der Waals surface area contributed by atoms with Crippen molar-refractivity contribution in [1.82, 2.24) is 0 Å². The first-order valence-corrected chi connectivity index (χ1v) is 6.37. The maximum absolute atomic E-state index is 12.3. The van der Waals surface area contributed by atoms with Crippen LogP contribution in [-0.4, -0.2) is 15.8 Å². The summed E-state index contributed by atoms with van der Waals surface area (Å²) < 4.78 is 0. The molecular formula is C16H11NO4. The van der Waals surface area contributed by atoms with Gasteiger partial charge in [0.1, 0.15) is 5.75 Å². The first-order valence-electron chi connectivity index (χ1n) is 6.37. The Morgan fingerprint density at radius 1 is 1.19 bits per heavy atom. The Bertz CT molecular complexity index is 793. The number of hydrogen-bond acceptors (Lipinski definition) is 4. The molecule has 0 unspecified atom stereocenters. The Morgan fingerprint density at radius 3 is 2.67 bits per heavy atom. The van der Waals surface area contributed by atoms with Gasteiger partial charge in [0.15, 0.2) is 5.78 Å². The van der Waals surface area contributed by atoms with Gasteiger partial charge in [-0.2, -0.15) is 0 Å². The number of benzene rings is 2. The van der Waals surface area contributed by atoms with Crippen LogP contribution in [0, 0.1) is 10.1 Å². The summed E-state index contributed by atoms with van der Waals surface area (Å²) in [5, 5.41) is 20.5. The van der Waals surface area contributed by atoms with Crippen LogP contribution in [0.2, 0.25) is 0 Å². The molecule has 5 nitrogen and oxygen atoms in total. The number of hydrogen-bond donors (Lipinski definition) is 1. The fourth-order valence-corrected chi connectivity index (χ4v) is 2.46. The van der Waals surface area contributed by atoms with Crippen LogP contribution >= 0.6 is 0 Å². The third-order valence-corrected chi connectivity index (χ3v) is 3.48. The Morgan fingerprint density at radius 2 is 1.95 bits per heavy atom. The fourth-order valence-electron chi connectivity index (χ4n) is 2.46. The van der Waals surface area contributed by atoms with Crippen LogP contribution in [0.25, 0.3) is 6.08 Å². The van der Waals surface area contributed by atoms with Gasteiger partial charge in [0.05, 0.1) is 4.92 Å². The molecule has 1 aliphatic carbocycles. The number of nitro groups is 1. The first-order chi connectivity index (χ1) is 10.1. The number of allylic oxidation sites excluding steroid dienone is 1. The van der Waals surface area contributed by atoms with Gasteiger partial charge < -0.3 is 5.11 Å². The van der Waals surface area contributed by atoms with Gasteiger partial charge in [0.2, 0.25) is 0 Å². The number of fused-ring (bicyclic) bond motifs is 1. The van der Waals surface area contributed by atoms with Gasteiger partial charge in [-0.15, -0.1) is 0 Å². The minimum absolute atomic E-state index is 0.0184. The lowest BCUT2D eigenvalue weighted by Gasteiger charge is -1.98. The lowest BCUT2D eigenvalue weighted by Crippen LogP contribution is -1.95. The molecule has 104 valence electrons. The molecule has 0 aliphatic heterocycles. The number of phenolic OH excluding ortho intramolecular Hbond substituents is 1. The van der Waals surface area contributed by atoms with Crippen molar-refractivity contribution in [2.75, 3.05) is 0 Å². The molecule has 21 heavy (non-hydrogen) atoms. The van der Waals surface area contributed by atoms with Crippen LogP contribution in [-0.2, 0) is 6.42 Å². The number of rotatable bonds is 2. The third kappa shape index (κ3) is 2.29. The Hall–Kier alpha value is -2.95. The molecule has 2 aromatic rings. The molecule has 0 amide bonds. The molecular weight excluding hydrogens is 270 g/mol. The molecule has 0 heterocycles. The Kier molecular flexibility index (Phi) is 3.02. The highest BCUT2D eigenvalue weighted by atomic mass is 16.6. The number of carbonyl (C=O) groups is 1. The molecule has 3 rings (SSSR count). The van der Waals surface area contributed by atoms with Crippen molar-refractivity contribution < 1.29 is 14.8 Å². The van der Waals surface area contributed by atoms with Crippen molar-refractivity contribution in [3.05, 3.63) is 74.8 Å². The summed E-state index contributed by atoms with van der Waals surface area (Å²) in [6.07, 6.45) is 1.97. The van der Waals surface area contributed by atoms with Crippen molar-refractivity contribution >= 4 is 17.5 Å². The molecule has 0 radical (unpaired) electrons. The molecule has 5 heteroatoms. The van der Waals surface area contributed by atoms with E-state index in [0.29, 0.717) is 28.7 Å². The second-order valence-electron chi connectivity index (χ2n) is 4.83. The van der Waals surface area contributed by atoms with E-state index in [1.165, 1.54) is 12.1 Å². The van der Waals surface area contributed by atoms with Crippen LogP contribution in [0.4, 0.5) is 5.69 Å². The monoisotopic (exact) mass is 281 g/mol. The van der Waals surface area contributed by atoms with Gasteiger partial charge in [-0.05, 0) is 17.7 Å². The van der Waals surface area contributed by atoms with Crippen molar-refractivity contribution in [3.63, 3.8) is 0 Å². The fraction of sp³-hybridized carbons (Fsp3) is 0.0625. The smallest absolute Gasteiger partial charge is 0.270 e. The van der Waals surface area contributed by atoms with E-state index in [2.05, 4.69) is 0 Å². The van der Waals surface area contributed by atoms with E-state index in [4.69, 9.17) is 0 Å².